The lowest BCUT2D eigenvalue weighted by Crippen LogP contribution is -2.26. The number of hydrogen-bond acceptors (Lipinski definition) is 2. The lowest BCUT2D eigenvalue weighted by molar-refractivity contribution is 0.443. The highest BCUT2D eigenvalue weighted by molar-refractivity contribution is 7.89. The van der Waals surface area contributed by atoms with Crippen molar-refractivity contribution in [3.8, 4) is 0 Å². The van der Waals surface area contributed by atoms with Gasteiger partial charge < -0.3 is 0 Å². The highest BCUT2D eigenvalue weighted by Gasteiger charge is 2.33. The molecule has 3 nitrogen and oxygen atoms in total. The standard InChI is InChI=1S/C12H16F3NO2S/c1-6(2)8-9(13)7(3)10(14)11(15)12(8)19(17,18)16(4)5/h6H,1-5H3. The number of halogens is 3. The number of hydrogen-bond donors (Lipinski definition) is 0. The van der Waals surface area contributed by atoms with Crippen LogP contribution in [0.15, 0.2) is 4.90 Å². The van der Waals surface area contributed by atoms with Gasteiger partial charge >= 0.3 is 0 Å². The van der Waals surface area contributed by atoms with Gasteiger partial charge in [-0.3, -0.25) is 0 Å². The Bertz CT molecular complexity index is 610. The molecule has 0 saturated carbocycles. The Hall–Kier alpha value is -1.08. The minimum atomic E-state index is -4.27. The maximum atomic E-state index is 14.1. The van der Waals surface area contributed by atoms with E-state index < -0.39 is 43.9 Å². The maximum Gasteiger partial charge on any atom is 0.245 e. The lowest BCUT2D eigenvalue weighted by Gasteiger charge is -2.20. The first kappa shape index (κ1) is 16.0. The monoisotopic (exact) mass is 295 g/mol. The fraction of sp³-hybridized carbons (Fsp3) is 0.500. The van der Waals surface area contributed by atoms with Crippen molar-refractivity contribution in [2.45, 2.75) is 31.6 Å². The van der Waals surface area contributed by atoms with Gasteiger partial charge in [-0.15, -0.1) is 0 Å². The van der Waals surface area contributed by atoms with E-state index in [2.05, 4.69) is 0 Å². The third-order valence-corrected chi connectivity index (χ3v) is 4.72. The second-order valence-electron chi connectivity index (χ2n) is 4.75. The molecule has 0 N–H and O–H groups in total. The van der Waals surface area contributed by atoms with Crippen LogP contribution in [0.2, 0.25) is 0 Å². The molecule has 0 amide bonds. The van der Waals surface area contributed by atoms with Gasteiger partial charge in [0.05, 0.1) is 0 Å². The SMILES string of the molecule is Cc1c(F)c(F)c(S(=O)(=O)N(C)C)c(C(C)C)c1F. The fourth-order valence-electron chi connectivity index (χ4n) is 1.73. The van der Waals surface area contributed by atoms with Gasteiger partial charge in [0, 0.05) is 25.2 Å². The number of nitrogens with zero attached hydrogens (tertiary/aromatic N) is 1. The highest BCUT2D eigenvalue weighted by Crippen LogP contribution is 2.34. The quantitative estimate of drug-likeness (QED) is 0.804. The van der Waals surface area contributed by atoms with Crippen molar-refractivity contribution in [2.24, 2.45) is 0 Å². The van der Waals surface area contributed by atoms with E-state index in [-0.39, 0.29) is 5.56 Å². The first-order valence-corrected chi connectivity index (χ1v) is 7.06. The van der Waals surface area contributed by atoms with E-state index in [1.54, 1.807) is 0 Å². The number of sulfonamides is 1. The Morgan fingerprint density at radius 2 is 1.47 bits per heavy atom. The first-order valence-electron chi connectivity index (χ1n) is 5.62. The van der Waals surface area contributed by atoms with Crippen LogP contribution in [0.3, 0.4) is 0 Å². The Labute approximate surface area is 111 Å². The molecule has 0 aliphatic heterocycles. The van der Waals surface area contributed by atoms with Crippen LogP contribution in [0.4, 0.5) is 13.2 Å². The molecule has 0 aliphatic carbocycles. The summed E-state index contributed by atoms with van der Waals surface area (Å²) in [6, 6.07) is 0. The summed E-state index contributed by atoms with van der Waals surface area (Å²) in [5, 5.41) is 0. The second-order valence-corrected chi connectivity index (χ2v) is 6.84. The molecule has 7 heteroatoms. The van der Waals surface area contributed by atoms with Crippen molar-refractivity contribution in [3.05, 3.63) is 28.6 Å². The molecule has 1 aromatic carbocycles. The molecule has 0 fully saturated rings. The topological polar surface area (TPSA) is 37.4 Å². The van der Waals surface area contributed by atoms with E-state index in [0.717, 1.165) is 11.2 Å². The summed E-state index contributed by atoms with van der Waals surface area (Å²) in [5.74, 6) is -4.62. The van der Waals surface area contributed by atoms with E-state index >= 15 is 0 Å². The average Bonchev–Trinajstić information content (AvgIpc) is 2.29. The molecule has 0 atom stereocenters. The summed E-state index contributed by atoms with van der Waals surface area (Å²) in [6.45, 7) is 4.11. The Morgan fingerprint density at radius 1 is 1.00 bits per heavy atom. The lowest BCUT2D eigenvalue weighted by atomic mass is 9.99. The van der Waals surface area contributed by atoms with Crippen molar-refractivity contribution < 1.29 is 21.6 Å². The minimum absolute atomic E-state index is 0.329. The molecular formula is C12H16F3NO2S. The zero-order valence-corrected chi connectivity index (χ0v) is 12.2. The van der Waals surface area contributed by atoms with Gasteiger partial charge in [0.25, 0.3) is 0 Å². The van der Waals surface area contributed by atoms with Gasteiger partial charge in [0.15, 0.2) is 11.6 Å². The summed E-state index contributed by atoms with van der Waals surface area (Å²) in [5.41, 5.74) is -0.844. The summed E-state index contributed by atoms with van der Waals surface area (Å²) >= 11 is 0. The van der Waals surface area contributed by atoms with Crippen molar-refractivity contribution in [1.29, 1.82) is 0 Å². The predicted octanol–water partition coefficient (Wildman–Crippen LogP) is 2.79. The van der Waals surface area contributed by atoms with Gasteiger partial charge in [-0.1, -0.05) is 13.8 Å². The van der Waals surface area contributed by atoms with Crippen LogP contribution in [0.1, 0.15) is 30.9 Å². The van der Waals surface area contributed by atoms with Crippen LogP contribution in [-0.2, 0) is 10.0 Å². The zero-order chi connectivity index (χ0) is 15.1. The van der Waals surface area contributed by atoms with Crippen LogP contribution >= 0.6 is 0 Å². The largest absolute Gasteiger partial charge is 0.245 e. The van der Waals surface area contributed by atoms with Gasteiger partial charge in [0.2, 0.25) is 10.0 Å². The maximum absolute atomic E-state index is 14.1. The minimum Gasteiger partial charge on any atom is -0.207 e. The summed E-state index contributed by atoms with van der Waals surface area (Å²) in [6.07, 6.45) is 0. The molecule has 1 aromatic rings. The van der Waals surface area contributed by atoms with E-state index in [0.29, 0.717) is 0 Å². The molecule has 1 rings (SSSR count). The van der Waals surface area contributed by atoms with Crippen molar-refractivity contribution >= 4 is 10.0 Å². The molecule has 0 aromatic heterocycles. The third kappa shape index (κ3) is 2.49. The van der Waals surface area contributed by atoms with Crippen molar-refractivity contribution in [3.63, 3.8) is 0 Å². The molecule has 0 spiro atoms. The third-order valence-electron chi connectivity index (χ3n) is 2.85. The smallest absolute Gasteiger partial charge is 0.207 e. The number of rotatable bonds is 3. The van der Waals surface area contributed by atoms with Gasteiger partial charge in [-0.2, -0.15) is 0 Å². The molecule has 0 saturated heterocycles. The van der Waals surface area contributed by atoms with E-state index in [1.165, 1.54) is 27.9 Å². The van der Waals surface area contributed by atoms with Crippen LogP contribution < -0.4 is 0 Å². The first-order chi connectivity index (χ1) is 8.53. The van der Waals surface area contributed by atoms with Crippen LogP contribution in [0.25, 0.3) is 0 Å². The van der Waals surface area contributed by atoms with E-state index in [1.807, 2.05) is 0 Å². The van der Waals surface area contributed by atoms with Crippen LogP contribution in [0.5, 0.6) is 0 Å². The molecule has 0 aliphatic rings. The van der Waals surface area contributed by atoms with E-state index in [4.69, 9.17) is 0 Å². The Balaban J connectivity index is 3.93. The van der Waals surface area contributed by atoms with Crippen LogP contribution in [0, 0.1) is 24.4 Å². The normalized spacial score (nSPS) is 12.5. The number of benzene rings is 1. The second kappa shape index (κ2) is 5.13. The molecule has 0 heterocycles. The molecule has 108 valence electrons. The van der Waals surface area contributed by atoms with Crippen molar-refractivity contribution in [1.82, 2.24) is 4.31 Å². The summed E-state index contributed by atoms with van der Waals surface area (Å²) in [4.78, 5) is -0.923. The summed E-state index contributed by atoms with van der Waals surface area (Å²) in [7, 11) is -1.92. The molecular weight excluding hydrogens is 279 g/mol. The van der Waals surface area contributed by atoms with Gasteiger partial charge in [0.1, 0.15) is 10.7 Å². The van der Waals surface area contributed by atoms with E-state index in [9.17, 15) is 21.6 Å². The molecule has 19 heavy (non-hydrogen) atoms. The van der Waals surface area contributed by atoms with Gasteiger partial charge in [-0.05, 0) is 12.8 Å². The highest BCUT2D eigenvalue weighted by atomic mass is 32.2. The molecule has 0 unspecified atom stereocenters. The Kier molecular flexibility index (Phi) is 4.31. The van der Waals surface area contributed by atoms with Gasteiger partial charge in [-0.25, -0.2) is 25.9 Å². The predicted molar refractivity (Wildman–Crippen MR) is 66.0 cm³/mol. The molecule has 0 bridgehead atoms. The summed E-state index contributed by atoms with van der Waals surface area (Å²) < 4.78 is 66.4. The fourth-order valence-corrected chi connectivity index (χ4v) is 3.02. The average molecular weight is 295 g/mol. The Morgan fingerprint density at radius 3 is 1.84 bits per heavy atom. The van der Waals surface area contributed by atoms with Crippen molar-refractivity contribution in [2.75, 3.05) is 14.1 Å². The zero-order valence-electron chi connectivity index (χ0n) is 11.4. The molecule has 0 radical (unpaired) electrons. The van der Waals surface area contributed by atoms with Crippen LogP contribution in [-0.4, -0.2) is 26.8 Å².